The van der Waals surface area contributed by atoms with E-state index < -0.39 is 0 Å². The predicted octanol–water partition coefficient (Wildman–Crippen LogP) is 3.78. The number of urea groups is 2. The molecule has 8 nitrogen and oxygen atoms in total. The average Bonchev–Trinajstić information content (AvgIpc) is 2.79. The van der Waals surface area contributed by atoms with Crippen LogP contribution in [0.15, 0.2) is 54.6 Å². The summed E-state index contributed by atoms with van der Waals surface area (Å²) in [6.45, 7) is 5.26. The molecule has 4 N–H and O–H groups in total. The molecule has 0 unspecified atom stereocenters. The lowest BCUT2D eigenvalue weighted by Gasteiger charge is -2.32. The van der Waals surface area contributed by atoms with Gasteiger partial charge in [0.2, 0.25) is 5.91 Å². The highest BCUT2D eigenvalue weighted by Gasteiger charge is 2.28. The Balaban J connectivity index is 1.48. The van der Waals surface area contributed by atoms with E-state index in [4.69, 9.17) is 0 Å². The highest BCUT2D eigenvalue weighted by atomic mass is 16.2. The van der Waals surface area contributed by atoms with E-state index >= 15 is 0 Å². The van der Waals surface area contributed by atoms with E-state index in [0.717, 1.165) is 18.4 Å². The Kier molecular flexibility index (Phi) is 8.08. The van der Waals surface area contributed by atoms with Crippen molar-refractivity contribution in [1.82, 2.24) is 15.5 Å². The highest BCUT2D eigenvalue weighted by molar-refractivity contribution is 5.92. The van der Waals surface area contributed by atoms with Gasteiger partial charge in [-0.25, -0.2) is 9.59 Å². The van der Waals surface area contributed by atoms with E-state index in [-0.39, 0.29) is 29.9 Å². The van der Waals surface area contributed by atoms with Crippen molar-refractivity contribution in [2.45, 2.75) is 39.3 Å². The summed E-state index contributed by atoms with van der Waals surface area (Å²) in [5, 5.41) is 11.3. The first kappa shape index (κ1) is 23.1. The molecule has 1 saturated heterocycles. The van der Waals surface area contributed by atoms with Crippen molar-refractivity contribution in [3.05, 3.63) is 60.2 Å². The van der Waals surface area contributed by atoms with Gasteiger partial charge in [-0.2, -0.15) is 0 Å². The molecule has 0 bridgehead atoms. The minimum Gasteiger partial charge on any atom is -0.352 e. The Morgan fingerprint density at radius 2 is 1.62 bits per heavy atom. The number of nitrogens with one attached hydrogen (secondary N) is 4. The van der Waals surface area contributed by atoms with Gasteiger partial charge in [0.15, 0.2) is 0 Å². The molecule has 0 aromatic heterocycles. The number of hydrogen-bond acceptors (Lipinski definition) is 3. The van der Waals surface area contributed by atoms with Gasteiger partial charge in [0.05, 0.1) is 5.92 Å². The summed E-state index contributed by atoms with van der Waals surface area (Å²) in [4.78, 5) is 38.7. The first-order valence-corrected chi connectivity index (χ1v) is 11.0. The van der Waals surface area contributed by atoms with Crippen molar-refractivity contribution in [2.75, 3.05) is 23.7 Å². The maximum absolute atomic E-state index is 12.7. The second kappa shape index (κ2) is 11.2. The largest absolute Gasteiger partial charge is 0.352 e. The lowest BCUT2D eigenvalue weighted by atomic mass is 9.97. The number of piperidine rings is 1. The summed E-state index contributed by atoms with van der Waals surface area (Å²) in [5.41, 5.74) is 2.31. The molecule has 1 atom stereocenters. The van der Waals surface area contributed by atoms with Crippen LogP contribution >= 0.6 is 0 Å². The second-order valence-corrected chi connectivity index (χ2v) is 8.25. The zero-order valence-corrected chi connectivity index (χ0v) is 18.6. The lowest BCUT2D eigenvalue weighted by Crippen LogP contribution is -2.46. The average molecular weight is 438 g/mol. The Labute approximate surface area is 188 Å². The molecule has 1 aliphatic heterocycles. The summed E-state index contributed by atoms with van der Waals surface area (Å²) in [6, 6.07) is 16.2. The van der Waals surface area contributed by atoms with Crippen LogP contribution < -0.4 is 21.3 Å². The van der Waals surface area contributed by atoms with Crippen LogP contribution in [0.2, 0.25) is 0 Å². The van der Waals surface area contributed by atoms with Gasteiger partial charge in [-0.05, 0) is 56.5 Å². The first-order valence-electron chi connectivity index (χ1n) is 11.0. The Hall–Kier alpha value is -3.55. The summed E-state index contributed by atoms with van der Waals surface area (Å²) < 4.78 is 0. The number of benzene rings is 2. The summed E-state index contributed by atoms with van der Waals surface area (Å²) in [7, 11) is 0. The molecule has 2 aromatic carbocycles. The minimum absolute atomic E-state index is 0.0264. The fourth-order valence-corrected chi connectivity index (χ4v) is 3.57. The number of nitrogens with zero attached hydrogens (tertiary/aromatic N) is 1. The topological polar surface area (TPSA) is 103 Å². The number of anilines is 2. The van der Waals surface area contributed by atoms with Crippen LogP contribution in [0.25, 0.3) is 0 Å². The monoisotopic (exact) mass is 437 g/mol. The van der Waals surface area contributed by atoms with Crippen LogP contribution in [-0.2, 0) is 11.3 Å². The zero-order chi connectivity index (χ0) is 22.9. The van der Waals surface area contributed by atoms with Crippen molar-refractivity contribution in [2.24, 2.45) is 5.92 Å². The molecule has 2 aromatic rings. The van der Waals surface area contributed by atoms with Crippen LogP contribution in [0.3, 0.4) is 0 Å². The van der Waals surface area contributed by atoms with E-state index in [1.807, 2.05) is 44.2 Å². The van der Waals surface area contributed by atoms with Crippen molar-refractivity contribution >= 4 is 29.3 Å². The van der Waals surface area contributed by atoms with Crippen molar-refractivity contribution in [3.63, 3.8) is 0 Å². The predicted molar refractivity (Wildman–Crippen MR) is 125 cm³/mol. The van der Waals surface area contributed by atoms with Crippen LogP contribution in [0.5, 0.6) is 0 Å². The van der Waals surface area contributed by atoms with Gasteiger partial charge in [0.1, 0.15) is 0 Å². The maximum Gasteiger partial charge on any atom is 0.321 e. The van der Waals surface area contributed by atoms with Crippen molar-refractivity contribution in [1.29, 1.82) is 0 Å². The number of carbonyl (C=O) groups is 3. The molecule has 32 heavy (non-hydrogen) atoms. The van der Waals surface area contributed by atoms with Crippen LogP contribution in [0.4, 0.5) is 21.0 Å². The Morgan fingerprint density at radius 1 is 0.969 bits per heavy atom. The third-order valence-corrected chi connectivity index (χ3v) is 5.20. The molecule has 0 saturated carbocycles. The molecular formula is C24H31N5O3. The maximum atomic E-state index is 12.7. The second-order valence-electron chi connectivity index (χ2n) is 8.25. The SMILES string of the molecule is CC(C)NC(=O)Nc1ccc(NC(=O)N2CCC[C@H](C(=O)NCc3ccccc3)C2)cc1. The smallest absolute Gasteiger partial charge is 0.321 e. The number of likely N-dealkylation sites (tertiary alicyclic amines) is 1. The van der Waals surface area contributed by atoms with Crippen LogP contribution in [0, 0.1) is 5.92 Å². The lowest BCUT2D eigenvalue weighted by molar-refractivity contribution is -0.126. The third-order valence-electron chi connectivity index (χ3n) is 5.20. The number of hydrogen-bond donors (Lipinski definition) is 4. The molecular weight excluding hydrogens is 406 g/mol. The molecule has 3 rings (SSSR count). The molecule has 0 aliphatic carbocycles. The van der Waals surface area contributed by atoms with Gasteiger partial charge >= 0.3 is 12.1 Å². The van der Waals surface area contributed by atoms with Crippen LogP contribution in [-0.4, -0.2) is 42.0 Å². The van der Waals surface area contributed by atoms with E-state index in [1.165, 1.54) is 0 Å². The van der Waals surface area contributed by atoms with E-state index in [0.29, 0.717) is 31.0 Å². The van der Waals surface area contributed by atoms with Crippen LogP contribution in [0.1, 0.15) is 32.3 Å². The molecule has 0 radical (unpaired) electrons. The van der Waals surface area contributed by atoms with Gasteiger partial charge in [-0.1, -0.05) is 30.3 Å². The summed E-state index contributed by atoms with van der Waals surface area (Å²) in [5.74, 6) is -0.245. The fraction of sp³-hybridized carbons (Fsp3) is 0.375. The Morgan fingerprint density at radius 3 is 2.28 bits per heavy atom. The quantitative estimate of drug-likeness (QED) is 0.553. The van der Waals surface area contributed by atoms with E-state index in [1.54, 1.807) is 29.2 Å². The van der Waals surface area contributed by atoms with Gasteiger partial charge in [0.25, 0.3) is 0 Å². The molecule has 1 fully saturated rings. The van der Waals surface area contributed by atoms with Gasteiger partial charge in [-0.15, -0.1) is 0 Å². The number of rotatable bonds is 6. The fourth-order valence-electron chi connectivity index (χ4n) is 3.57. The molecule has 0 spiro atoms. The zero-order valence-electron chi connectivity index (χ0n) is 18.6. The van der Waals surface area contributed by atoms with E-state index in [9.17, 15) is 14.4 Å². The number of amides is 5. The minimum atomic E-state index is -0.276. The standard InChI is InChI=1S/C24H31N5O3/c1-17(2)26-23(31)27-20-10-12-21(13-11-20)28-24(32)29-14-6-9-19(16-29)22(30)25-15-18-7-4-3-5-8-18/h3-5,7-8,10-13,17,19H,6,9,14-16H2,1-2H3,(H,25,30)(H,28,32)(H2,26,27,31)/t19-/m0/s1. The van der Waals surface area contributed by atoms with Crippen molar-refractivity contribution < 1.29 is 14.4 Å². The molecule has 5 amide bonds. The summed E-state index contributed by atoms with van der Waals surface area (Å²) >= 11 is 0. The highest BCUT2D eigenvalue weighted by Crippen LogP contribution is 2.19. The van der Waals surface area contributed by atoms with E-state index in [2.05, 4.69) is 21.3 Å². The third kappa shape index (κ3) is 7.01. The molecule has 8 heteroatoms. The molecule has 1 aliphatic rings. The van der Waals surface area contributed by atoms with Gasteiger partial charge in [-0.3, -0.25) is 4.79 Å². The normalized spacial score (nSPS) is 15.7. The van der Waals surface area contributed by atoms with Gasteiger partial charge in [0, 0.05) is 37.1 Å². The first-order chi connectivity index (χ1) is 15.4. The van der Waals surface area contributed by atoms with Crippen molar-refractivity contribution in [3.8, 4) is 0 Å². The Bertz CT molecular complexity index is 915. The summed E-state index contributed by atoms with van der Waals surface area (Å²) in [6.07, 6.45) is 1.55. The van der Waals surface area contributed by atoms with Gasteiger partial charge < -0.3 is 26.2 Å². The number of carbonyl (C=O) groups excluding carboxylic acids is 3. The molecule has 170 valence electrons. The molecule has 1 heterocycles.